The zero-order chi connectivity index (χ0) is 21.4. The highest BCUT2D eigenvalue weighted by Gasteiger charge is 2.22. The first-order valence-electron chi connectivity index (χ1n) is 9.74. The molecule has 1 amide bonds. The van der Waals surface area contributed by atoms with Gasteiger partial charge in [-0.05, 0) is 56.5 Å². The molecule has 1 aliphatic rings. The van der Waals surface area contributed by atoms with E-state index in [-0.39, 0.29) is 17.2 Å². The molecule has 0 aliphatic carbocycles. The number of aryl methyl sites for hydroxylation is 2. The van der Waals surface area contributed by atoms with Gasteiger partial charge in [-0.2, -0.15) is 0 Å². The predicted octanol–water partition coefficient (Wildman–Crippen LogP) is 1.43. The zero-order valence-electron chi connectivity index (χ0n) is 16.7. The molecule has 0 radical (unpaired) electrons. The smallest absolute Gasteiger partial charge is 0.314 e. The van der Waals surface area contributed by atoms with Crippen LogP contribution < -0.4 is 22.0 Å². The molecule has 1 atom stereocenters. The van der Waals surface area contributed by atoms with E-state index in [0.29, 0.717) is 35.4 Å². The fourth-order valence-corrected chi connectivity index (χ4v) is 3.81. The van der Waals surface area contributed by atoms with Gasteiger partial charge in [-0.3, -0.25) is 19.2 Å². The number of hydrogen-bond acceptors (Lipinski definition) is 5. The highest BCUT2D eigenvalue weighted by atomic mass is 16.5. The summed E-state index contributed by atoms with van der Waals surface area (Å²) in [5.74, 6) is -0.537. The molecular weight excluding hydrogens is 388 g/mol. The Hall–Kier alpha value is -3.46. The predicted molar refractivity (Wildman–Crippen MR) is 112 cm³/mol. The second-order valence-corrected chi connectivity index (χ2v) is 7.52. The van der Waals surface area contributed by atoms with Crippen LogP contribution in [0, 0.1) is 13.8 Å². The summed E-state index contributed by atoms with van der Waals surface area (Å²) in [4.78, 5) is 53.9. The van der Waals surface area contributed by atoms with Gasteiger partial charge < -0.3 is 24.6 Å². The van der Waals surface area contributed by atoms with E-state index in [9.17, 15) is 19.2 Å². The number of carbonyl (C=O) groups excluding carboxylic acids is 1. The number of nitrogens with one attached hydrogen (secondary N) is 3. The van der Waals surface area contributed by atoms with E-state index in [1.54, 1.807) is 23.6 Å². The SMILES string of the molecule is Cc1cc(C)n(C[C@@H]2CCCO2)c(=O)c1C(=O)Nc1ccc2[nH]c(=O)c(=O)[nH]c2c1. The van der Waals surface area contributed by atoms with Crippen LogP contribution in [0.25, 0.3) is 11.0 Å². The second kappa shape index (κ2) is 7.75. The van der Waals surface area contributed by atoms with Crippen molar-refractivity contribution in [3.8, 4) is 0 Å². The molecule has 1 aromatic carbocycles. The number of nitrogens with zero attached hydrogens (tertiary/aromatic N) is 1. The van der Waals surface area contributed by atoms with Crippen molar-refractivity contribution in [2.75, 3.05) is 11.9 Å². The number of amides is 1. The van der Waals surface area contributed by atoms with Gasteiger partial charge in [0, 0.05) is 18.0 Å². The first-order valence-corrected chi connectivity index (χ1v) is 9.74. The van der Waals surface area contributed by atoms with E-state index in [4.69, 9.17) is 4.74 Å². The molecule has 0 unspecified atom stereocenters. The standard InChI is InChI=1S/C21H22N4O5/c1-11-8-12(2)25(10-14-4-3-7-30-14)21(29)17(11)18(26)22-13-5-6-15-16(9-13)24-20(28)19(27)23-15/h5-6,8-9,14H,3-4,7,10H2,1-2H3,(H,22,26)(H,23,27)(H,24,28)/t14-/m0/s1. The number of anilines is 1. The molecule has 1 aliphatic heterocycles. The molecule has 4 rings (SSSR count). The lowest BCUT2D eigenvalue weighted by atomic mass is 10.1. The molecule has 0 spiro atoms. The van der Waals surface area contributed by atoms with Crippen LogP contribution in [-0.2, 0) is 11.3 Å². The van der Waals surface area contributed by atoms with Crippen molar-refractivity contribution in [1.29, 1.82) is 0 Å². The third-order valence-corrected chi connectivity index (χ3v) is 5.32. The lowest BCUT2D eigenvalue weighted by Gasteiger charge is -2.17. The van der Waals surface area contributed by atoms with Crippen LogP contribution in [0.5, 0.6) is 0 Å². The van der Waals surface area contributed by atoms with Crippen molar-refractivity contribution in [2.24, 2.45) is 0 Å². The average Bonchev–Trinajstić information content (AvgIpc) is 3.19. The van der Waals surface area contributed by atoms with Crippen molar-refractivity contribution >= 4 is 22.6 Å². The minimum absolute atomic E-state index is 0.0283. The van der Waals surface area contributed by atoms with Crippen LogP contribution >= 0.6 is 0 Å². The van der Waals surface area contributed by atoms with Crippen molar-refractivity contribution in [1.82, 2.24) is 14.5 Å². The summed E-state index contributed by atoms with van der Waals surface area (Å²) >= 11 is 0. The number of pyridine rings is 1. The Morgan fingerprint density at radius 1 is 1.13 bits per heavy atom. The summed E-state index contributed by atoms with van der Waals surface area (Å²) in [5, 5.41) is 2.71. The molecule has 2 aromatic heterocycles. The molecular formula is C21H22N4O5. The zero-order valence-corrected chi connectivity index (χ0v) is 16.7. The number of aromatic nitrogens is 3. The maximum absolute atomic E-state index is 13.1. The molecule has 9 heteroatoms. The van der Waals surface area contributed by atoms with Gasteiger partial charge in [-0.25, -0.2) is 0 Å². The van der Waals surface area contributed by atoms with Gasteiger partial charge in [0.1, 0.15) is 5.56 Å². The Bertz CT molecular complexity index is 1310. The van der Waals surface area contributed by atoms with E-state index >= 15 is 0 Å². The van der Waals surface area contributed by atoms with Crippen LogP contribution in [0.4, 0.5) is 5.69 Å². The summed E-state index contributed by atoms with van der Waals surface area (Å²) in [6, 6.07) is 6.50. The van der Waals surface area contributed by atoms with Crippen molar-refractivity contribution in [3.63, 3.8) is 0 Å². The van der Waals surface area contributed by atoms with Gasteiger partial charge >= 0.3 is 11.1 Å². The lowest BCUT2D eigenvalue weighted by molar-refractivity contribution is 0.0947. The third-order valence-electron chi connectivity index (χ3n) is 5.32. The molecule has 0 bridgehead atoms. The Morgan fingerprint density at radius 2 is 1.87 bits per heavy atom. The Morgan fingerprint density at radius 3 is 2.57 bits per heavy atom. The van der Waals surface area contributed by atoms with Gasteiger partial charge in [0.05, 0.1) is 23.7 Å². The van der Waals surface area contributed by atoms with Gasteiger partial charge in [0.15, 0.2) is 0 Å². The summed E-state index contributed by atoms with van der Waals surface area (Å²) < 4.78 is 7.22. The highest BCUT2D eigenvalue weighted by Crippen LogP contribution is 2.17. The number of carbonyl (C=O) groups is 1. The molecule has 0 saturated carbocycles. The summed E-state index contributed by atoms with van der Waals surface area (Å²) in [7, 11) is 0. The normalized spacial score (nSPS) is 16.1. The Balaban J connectivity index is 1.66. The monoisotopic (exact) mass is 410 g/mol. The third kappa shape index (κ3) is 3.71. The van der Waals surface area contributed by atoms with Gasteiger partial charge in [-0.1, -0.05) is 0 Å². The van der Waals surface area contributed by atoms with Gasteiger partial charge in [0.25, 0.3) is 11.5 Å². The van der Waals surface area contributed by atoms with Crippen LogP contribution in [0.3, 0.4) is 0 Å². The van der Waals surface area contributed by atoms with E-state index in [0.717, 1.165) is 18.5 Å². The number of ether oxygens (including phenoxy) is 1. The van der Waals surface area contributed by atoms with Gasteiger partial charge in [-0.15, -0.1) is 0 Å². The minimum Gasteiger partial charge on any atom is -0.376 e. The Labute approximate surface area is 170 Å². The van der Waals surface area contributed by atoms with Crippen LogP contribution in [0.1, 0.15) is 34.5 Å². The number of fused-ring (bicyclic) bond motifs is 1. The fraction of sp³-hybridized carbons (Fsp3) is 0.333. The van der Waals surface area contributed by atoms with Crippen molar-refractivity contribution < 1.29 is 9.53 Å². The number of hydrogen-bond donors (Lipinski definition) is 3. The first-order chi connectivity index (χ1) is 14.3. The summed E-state index contributed by atoms with van der Waals surface area (Å²) in [5.41, 5.74) is 0.720. The second-order valence-electron chi connectivity index (χ2n) is 7.52. The van der Waals surface area contributed by atoms with Crippen LogP contribution in [0.15, 0.2) is 38.6 Å². The van der Waals surface area contributed by atoms with Crippen molar-refractivity contribution in [2.45, 2.75) is 39.3 Å². The molecule has 156 valence electrons. The number of rotatable bonds is 4. The molecule has 9 nitrogen and oxygen atoms in total. The fourth-order valence-electron chi connectivity index (χ4n) is 3.81. The first kappa shape index (κ1) is 19.8. The molecule has 3 heterocycles. The number of aromatic amines is 2. The molecule has 3 aromatic rings. The number of H-pyrrole nitrogens is 2. The Kier molecular flexibility index (Phi) is 5.13. The molecule has 1 saturated heterocycles. The number of benzene rings is 1. The molecule has 3 N–H and O–H groups in total. The minimum atomic E-state index is -0.780. The highest BCUT2D eigenvalue weighted by molar-refractivity contribution is 6.05. The van der Waals surface area contributed by atoms with Crippen LogP contribution in [-0.4, -0.2) is 33.2 Å². The van der Waals surface area contributed by atoms with Crippen molar-refractivity contribution in [3.05, 3.63) is 72.1 Å². The van der Waals surface area contributed by atoms with E-state index in [1.165, 1.54) is 6.07 Å². The quantitative estimate of drug-likeness (QED) is 0.561. The maximum Gasteiger partial charge on any atom is 0.314 e. The largest absolute Gasteiger partial charge is 0.376 e. The average molecular weight is 410 g/mol. The van der Waals surface area contributed by atoms with Gasteiger partial charge in [0.2, 0.25) is 0 Å². The van der Waals surface area contributed by atoms with E-state index < -0.39 is 17.0 Å². The molecule has 1 fully saturated rings. The lowest BCUT2D eigenvalue weighted by Crippen LogP contribution is -2.34. The molecule has 30 heavy (non-hydrogen) atoms. The summed E-state index contributed by atoms with van der Waals surface area (Å²) in [6.07, 6.45) is 1.82. The van der Waals surface area contributed by atoms with Crippen LogP contribution in [0.2, 0.25) is 0 Å². The topological polar surface area (TPSA) is 126 Å². The maximum atomic E-state index is 13.1. The summed E-state index contributed by atoms with van der Waals surface area (Å²) in [6.45, 7) is 4.66. The van der Waals surface area contributed by atoms with E-state index in [2.05, 4.69) is 15.3 Å². The van der Waals surface area contributed by atoms with E-state index in [1.807, 2.05) is 13.0 Å².